The highest BCUT2D eigenvalue weighted by Crippen LogP contribution is 2.40. The Morgan fingerprint density at radius 3 is 2.26 bits per heavy atom. The summed E-state index contributed by atoms with van der Waals surface area (Å²) in [6.07, 6.45) is 1.84. The quantitative estimate of drug-likeness (QED) is 0.337. The smallest absolute Gasteiger partial charge is 0.366 e. The first-order chi connectivity index (χ1) is 16.3. The standard InChI is InChI=1S/C23H26N2O8S/c1-6-32-23(28)18-14-8-7-9-15(20(14)34-21(18)24-12(2)26)25-33-22(27)13-10-16(29-3)19(31-5)17(11-13)30-4/h10-11H,6-9H2,1-5H3,(H,24,26)/b25-15+. The minimum absolute atomic E-state index is 0.159. The molecule has 1 N–H and O–H groups in total. The van der Waals surface area contributed by atoms with Gasteiger partial charge in [-0.15, -0.1) is 11.3 Å². The van der Waals surface area contributed by atoms with E-state index in [1.54, 1.807) is 6.92 Å². The third-order valence-corrected chi connectivity index (χ3v) is 6.21. The van der Waals surface area contributed by atoms with E-state index in [-0.39, 0.29) is 18.1 Å². The molecule has 0 fully saturated rings. The first-order valence-electron chi connectivity index (χ1n) is 10.5. The topological polar surface area (TPSA) is 122 Å². The van der Waals surface area contributed by atoms with E-state index in [9.17, 15) is 14.4 Å². The highest BCUT2D eigenvalue weighted by atomic mass is 32.1. The summed E-state index contributed by atoms with van der Waals surface area (Å²) in [5, 5.41) is 7.18. The zero-order valence-electron chi connectivity index (χ0n) is 19.6. The lowest BCUT2D eigenvalue weighted by molar-refractivity contribution is -0.114. The fourth-order valence-corrected chi connectivity index (χ4v) is 4.88. The summed E-state index contributed by atoms with van der Waals surface area (Å²) < 4.78 is 21.0. The number of fused-ring (bicyclic) bond motifs is 1. The van der Waals surface area contributed by atoms with Gasteiger partial charge in [0, 0.05) is 6.92 Å². The predicted octanol–water partition coefficient (Wildman–Crippen LogP) is 3.81. The molecular formula is C23H26N2O8S. The van der Waals surface area contributed by atoms with Crippen LogP contribution in [0.3, 0.4) is 0 Å². The lowest BCUT2D eigenvalue weighted by Crippen LogP contribution is -2.16. The van der Waals surface area contributed by atoms with Crippen LogP contribution in [0.25, 0.3) is 0 Å². The molecule has 1 aliphatic carbocycles. The largest absolute Gasteiger partial charge is 0.493 e. The molecule has 10 nitrogen and oxygen atoms in total. The monoisotopic (exact) mass is 490 g/mol. The van der Waals surface area contributed by atoms with Crippen molar-refractivity contribution in [2.75, 3.05) is 33.3 Å². The van der Waals surface area contributed by atoms with Gasteiger partial charge in [0.15, 0.2) is 11.5 Å². The van der Waals surface area contributed by atoms with Crippen LogP contribution in [0.4, 0.5) is 5.00 Å². The molecule has 3 rings (SSSR count). The Morgan fingerprint density at radius 2 is 1.71 bits per heavy atom. The van der Waals surface area contributed by atoms with Gasteiger partial charge in [-0.1, -0.05) is 5.16 Å². The zero-order valence-corrected chi connectivity index (χ0v) is 20.4. The van der Waals surface area contributed by atoms with Crippen LogP contribution in [-0.4, -0.2) is 51.5 Å². The van der Waals surface area contributed by atoms with Gasteiger partial charge in [0.25, 0.3) is 0 Å². The minimum Gasteiger partial charge on any atom is -0.493 e. The average Bonchev–Trinajstić information content (AvgIpc) is 3.19. The van der Waals surface area contributed by atoms with Crippen molar-refractivity contribution >= 4 is 39.9 Å². The molecule has 0 spiro atoms. The van der Waals surface area contributed by atoms with Crippen LogP contribution in [0.5, 0.6) is 17.2 Å². The highest BCUT2D eigenvalue weighted by molar-refractivity contribution is 7.19. The summed E-state index contributed by atoms with van der Waals surface area (Å²) in [7, 11) is 4.35. The number of ether oxygens (including phenoxy) is 4. The Kier molecular flexibility index (Phi) is 8.11. The molecule has 0 unspecified atom stereocenters. The number of thiophene rings is 1. The summed E-state index contributed by atoms with van der Waals surface area (Å²) in [5.41, 5.74) is 1.71. The highest BCUT2D eigenvalue weighted by Gasteiger charge is 2.30. The van der Waals surface area contributed by atoms with E-state index in [4.69, 9.17) is 23.8 Å². The van der Waals surface area contributed by atoms with E-state index in [2.05, 4.69) is 10.5 Å². The maximum Gasteiger partial charge on any atom is 0.366 e. The Morgan fingerprint density at radius 1 is 1.03 bits per heavy atom. The van der Waals surface area contributed by atoms with E-state index in [1.807, 2.05) is 0 Å². The van der Waals surface area contributed by atoms with Crippen LogP contribution in [0.2, 0.25) is 0 Å². The number of carbonyl (C=O) groups is 3. The number of benzene rings is 1. The number of nitrogens with zero attached hydrogens (tertiary/aromatic N) is 1. The summed E-state index contributed by atoms with van der Waals surface area (Å²) in [5.74, 6) is -0.586. The summed E-state index contributed by atoms with van der Waals surface area (Å²) in [6.45, 7) is 3.28. The maximum absolute atomic E-state index is 12.7. The van der Waals surface area contributed by atoms with Gasteiger partial charge in [-0.25, -0.2) is 9.59 Å². The van der Waals surface area contributed by atoms with Crippen molar-refractivity contribution in [2.45, 2.75) is 33.1 Å². The van der Waals surface area contributed by atoms with Crippen molar-refractivity contribution in [1.29, 1.82) is 0 Å². The van der Waals surface area contributed by atoms with Crippen LogP contribution in [0.15, 0.2) is 17.3 Å². The molecule has 0 aliphatic heterocycles. The summed E-state index contributed by atoms with van der Waals surface area (Å²) in [6, 6.07) is 2.93. The fourth-order valence-electron chi connectivity index (χ4n) is 3.59. The third kappa shape index (κ3) is 5.14. The lowest BCUT2D eigenvalue weighted by atomic mass is 9.94. The van der Waals surface area contributed by atoms with Crippen molar-refractivity contribution in [3.8, 4) is 17.2 Å². The van der Waals surface area contributed by atoms with Crippen LogP contribution < -0.4 is 19.5 Å². The Hall–Kier alpha value is -3.60. The van der Waals surface area contributed by atoms with Crippen molar-refractivity contribution < 1.29 is 38.2 Å². The molecule has 0 bridgehead atoms. The van der Waals surface area contributed by atoms with Crippen molar-refractivity contribution in [3.05, 3.63) is 33.7 Å². The van der Waals surface area contributed by atoms with Crippen molar-refractivity contribution in [2.24, 2.45) is 5.16 Å². The zero-order chi connectivity index (χ0) is 24.8. The van der Waals surface area contributed by atoms with E-state index < -0.39 is 11.9 Å². The Balaban J connectivity index is 1.94. The van der Waals surface area contributed by atoms with Gasteiger partial charge in [-0.3, -0.25) is 4.79 Å². The molecule has 0 saturated heterocycles. The van der Waals surface area contributed by atoms with Crippen molar-refractivity contribution in [3.63, 3.8) is 0 Å². The average molecular weight is 491 g/mol. The van der Waals surface area contributed by atoms with E-state index >= 15 is 0 Å². The van der Waals surface area contributed by atoms with Gasteiger partial charge in [-0.05, 0) is 43.9 Å². The first kappa shape index (κ1) is 25.0. The van der Waals surface area contributed by atoms with Crippen LogP contribution >= 0.6 is 11.3 Å². The molecule has 1 amide bonds. The molecule has 0 radical (unpaired) electrons. The summed E-state index contributed by atoms with van der Waals surface area (Å²) >= 11 is 1.21. The molecule has 0 atom stereocenters. The minimum atomic E-state index is -0.719. The van der Waals surface area contributed by atoms with Crippen molar-refractivity contribution in [1.82, 2.24) is 0 Å². The number of anilines is 1. The Labute approximate surface area is 200 Å². The first-order valence-corrected chi connectivity index (χ1v) is 11.3. The number of nitrogens with one attached hydrogen (secondary N) is 1. The number of amides is 1. The van der Waals surface area contributed by atoms with Gasteiger partial charge in [0.05, 0.1) is 49.7 Å². The Bertz CT molecular complexity index is 1110. The predicted molar refractivity (Wildman–Crippen MR) is 126 cm³/mol. The van der Waals surface area contributed by atoms with Gasteiger partial charge in [0.2, 0.25) is 11.7 Å². The third-order valence-electron chi connectivity index (χ3n) is 5.02. The molecule has 2 aromatic rings. The number of hydrogen-bond acceptors (Lipinski definition) is 10. The molecule has 1 aliphatic rings. The normalized spacial score (nSPS) is 13.6. The van der Waals surface area contributed by atoms with Crippen LogP contribution in [0.1, 0.15) is 57.8 Å². The molecule has 1 aromatic carbocycles. The number of carbonyl (C=O) groups excluding carboxylic acids is 3. The van der Waals surface area contributed by atoms with Gasteiger partial charge in [0.1, 0.15) is 5.00 Å². The number of esters is 1. The maximum atomic E-state index is 12.7. The lowest BCUT2D eigenvalue weighted by Gasteiger charge is -2.15. The molecule has 182 valence electrons. The number of oxime groups is 1. The summed E-state index contributed by atoms with van der Waals surface area (Å²) in [4.78, 5) is 42.9. The second-order valence-electron chi connectivity index (χ2n) is 7.20. The number of rotatable bonds is 8. The molecule has 1 heterocycles. The molecule has 34 heavy (non-hydrogen) atoms. The number of hydrogen-bond donors (Lipinski definition) is 1. The molecular weight excluding hydrogens is 464 g/mol. The van der Waals surface area contributed by atoms with E-state index in [0.29, 0.717) is 57.7 Å². The second-order valence-corrected chi connectivity index (χ2v) is 8.22. The fraction of sp³-hybridized carbons (Fsp3) is 0.391. The van der Waals surface area contributed by atoms with Crippen LogP contribution in [0, 0.1) is 0 Å². The SMILES string of the molecule is CCOC(=O)c1c(NC(C)=O)sc2c1CCC/C2=N\OC(=O)c1cc(OC)c(OC)c(OC)c1. The molecule has 0 saturated carbocycles. The second kappa shape index (κ2) is 11.0. The van der Waals surface area contributed by atoms with Gasteiger partial charge in [-0.2, -0.15) is 0 Å². The van der Waals surface area contributed by atoms with Gasteiger partial charge < -0.3 is 29.1 Å². The molecule has 1 aromatic heterocycles. The number of methoxy groups -OCH3 is 3. The van der Waals surface area contributed by atoms with E-state index in [0.717, 1.165) is 5.56 Å². The van der Waals surface area contributed by atoms with Gasteiger partial charge >= 0.3 is 11.9 Å². The molecule has 11 heteroatoms. The van der Waals surface area contributed by atoms with E-state index in [1.165, 1.54) is 51.7 Å². The van der Waals surface area contributed by atoms with Crippen LogP contribution in [-0.2, 0) is 20.8 Å².